The van der Waals surface area contributed by atoms with E-state index >= 15 is 0 Å². The molecule has 1 aromatic carbocycles. The van der Waals surface area contributed by atoms with Gasteiger partial charge in [-0.1, -0.05) is 27.5 Å². The van der Waals surface area contributed by atoms with Crippen LogP contribution in [0.4, 0.5) is 0 Å². The predicted octanol–water partition coefficient (Wildman–Crippen LogP) is 2.76. The first-order valence-corrected chi connectivity index (χ1v) is 5.71. The Labute approximate surface area is 96.7 Å². The van der Waals surface area contributed by atoms with Gasteiger partial charge in [0, 0.05) is 22.6 Å². The van der Waals surface area contributed by atoms with Crippen LogP contribution in [0.15, 0.2) is 22.7 Å². The van der Waals surface area contributed by atoms with Crippen LogP contribution < -0.4 is 5.32 Å². The van der Waals surface area contributed by atoms with Crippen LogP contribution >= 0.6 is 27.5 Å². The monoisotopic (exact) mass is 275 g/mol. The Morgan fingerprint density at radius 2 is 2.29 bits per heavy atom. The highest BCUT2D eigenvalue weighted by molar-refractivity contribution is 9.10. The van der Waals surface area contributed by atoms with Crippen LogP contribution in [0, 0.1) is 0 Å². The van der Waals surface area contributed by atoms with Crippen molar-refractivity contribution in [2.75, 3.05) is 19.7 Å². The second kappa shape index (κ2) is 4.62. The normalized spacial score (nSPS) is 22.3. The number of morpholine rings is 1. The lowest BCUT2D eigenvalue weighted by molar-refractivity contribution is 0.0277. The molecule has 1 fully saturated rings. The lowest BCUT2D eigenvalue weighted by Gasteiger charge is -2.24. The average molecular weight is 277 g/mol. The van der Waals surface area contributed by atoms with E-state index in [1.54, 1.807) is 0 Å². The minimum Gasteiger partial charge on any atom is -0.371 e. The maximum Gasteiger partial charge on any atom is 0.0950 e. The summed E-state index contributed by atoms with van der Waals surface area (Å²) in [6.07, 6.45) is 0.124. The largest absolute Gasteiger partial charge is 0.371 e. The number of halogens is 2. The zero-order chi connectivity index (χ0) is 9.97. The Morgan fingerprint density at radius 1 is 1.43 bits per heavy atom. The molecule has 2 nitrogen and oxygen atoms in total. The van der Waals surface area contributed by atoms with E-state index in [0.29, 0.717) is 0 Å². The lowest BCUT2D eigenvalue weighted by atomic mass is 10.1. The molecule has 2 rings (SSSR count). The molecule has 14 heavy (non-hydrogen) atoms. The summed E-state index contributed by atoms with van der Waals surface area (Å²) in [5.74, 6) is 0. The van der Waals surface area contributed by atoms with E-state index in [-0.39, 0.29) is 6.10 Å². The van der Waals surface area contributed by atoms with Gasteiger partial charge in [-0.15, -0.1) is 0 Å². The summed E-state index contributed by atoms with van der Waals surface area (Å²) in [7, 11) is 0. The molecule has 1 aliphatic heterocycles. The standard InChI is InChI=1S/C10H11BrClNO/c11-8-3-7(4-9(12)5-8)10-6-13-1-2-14-10/h3-5,10,13H,1-2,6H2. The molecule has 1 unspecified atom stereocenters. The van der Waals surface area contributed by atoms with Crippen LogP contribution in [-0.2, 0) is 4.74 Å². The first-order valence-electron chi connectivity index (χ1n) is 4.54. The van der Waals surface area contributed by atoms with Crippen molar-refractivity contribution in [1.82, 2.24) is 5.32 Å². The SMILES string of the molecule is Clc1cc(Br)cc(C2CNCCO2)c1. The summed E-state index contributed by atoms with van der Waals surface area (Å²) in [5.41, 5.74) is 1.12. The molecule has 1 atom stereocenters. The number of nitrogens with one attached hydrogen (secondary N) is 1. The summed E-state index contributed by atoms with van der Waals surface area (Å²) in [6, 6.07) is 5.87. The Bertz CT molecular complexity index is 306. The van der Waals surface area contributed by atoms with Gasteiger partial charge < -0.3 is 10.1 Å². The van der Waals surface area contributed by atoms with Crippen molar-refractivity contribution in [3.05, 3.63) is 33.3 Å². The molecule has 1 heterocycles. The van der Waals surface area contributed by atoms with Crippen LogP contribution in [0.2, 0.25) is 5.02 Å². The Hall–Kier alpha value is -0.0900. The number of ether oxygens (including phenoxy) is 1. The summed E-state index contributed by atoms with van der Waals surface area (Å²) in [5, 5.41) is 4.03. The van der Waals surface area contributed by atoms with Crippen molar-refractivity contribution >= 4 is 27.5 Å². The quantitative estimate of drug-likeness (QED) is 0.852. The molecule has 1 saturated heterocycles. The second-order valence-electron chi connectivity index (χ2n) is 3.27. The van der Waals surface area contributed by atoms with Crippen LogP contribution in [0.3, 0.4) is 0 Å². The molecular formula is C10H11BrClNO. The highest BCUT2D eigenvalue weighted by atomic mass is 79.9. The molecular weight excluding hydrogens is 265 g/mol. The van der Waals surface area contributed by atoms with Crippen LogP contribution in [0.5, 0.6) is 0 Å². The van der Waals surface area contributed by atoms with Crippen LogP contribution in [-0.4, -0.2) is 19.7 Å². The van der Waals surface area contributed by atoms with E-state index in [2.05, 4.69) is 21.2 Å². The van der Waals surface area contributed by atoms with Gasteiger partial charge in [-0.25, -0.2) is 0 Å². The highest BCUT2D eigenvalue weighted by Gasteiger charge is 2.16. The fourth-order valence-electron chi connectivity index (χ4n) is 1.54. The van der Waals surface area contributed by atoms with Gasteiger partial charge in [0.2, 0.25) is 0 Å². The predicted molar refractivity (Wildman–Crippen MR) is 60.7 cm³/mol. The highest BCUT2D eigenvalue weighted by Crippen LogP contribution is 2.26. The van der Waals surface area contributed by atoms with E-state index < -0.39 is 0 Å². The first kappa shape index (κ1) is 10.4. The van der Waals surface area contributed by atoms with Gasteiger partial charge in [0.1, 0.15) is 0 Å². The van der Waals surface area contributed by atoms with Crippen molar-refractivity contribution in [3.8, 4) is 0 Å². The van der Waals surface area contributed by atoms with E-state index in [0.717, 1.165) is 34.8 Å². The van der Waals surface area contributed by atoms with Crippen LogP contribution in [0.1, 0.15) is 11.7 Å². The molecule has 0 bridgehead atoms. The number of benzene rings is 1. The second-order valence-corrected chi connectivity index (χ2v) is 4.62. The summed E-state index contributed by atoms with van der Waals surface area (Å²) >= 11 is 9.38. The van der Waals surface area contributed by atoms with E-state index in [1.165, 1.54) is 0 Å². The molecule has 0 aromatic heterocycles. The van der Waals surface area contributed by atoms with Crippen molar-refractivity contribution in [3.63, 3.8) is 0 Å². The van der Waals surface area contributed by atoms with Gasteiger partial charge in [-0.05, 0) is 23.8 Å². The zero-order valence-corrected chi connectivity index (χ0v) is 9.94. The smallest absolute Gasteiger partial charge is 0.0950 e. The van der Waals surface area contributed by atoms with E-state index in [1.807, 2.05) is 18.2 Å². The van der Waals surface area contributed by atoms with E-state index in [4.69, 9.17) is 16.3 Å². The Balaban J connectivity index is 2.21. The van der Waals surface area contributed by atoms with E-state index in [9.17, 15) is 0 Å². The number of hydrogen-bond donors (Lipinski definition) is 1. The maximum absolute atomic E-state index is 5.96. The minimum absolute atomic E-state index is 0.124. The molecule has 0 aliphatic carbocycles. The molecule has 4 heteroatoms. The maximum atomic E-state index is 5.96. The Kier molecular flexibility index (Phi) is 3.44. The Morgan fingerprint density at radius 3 is 2.93 bits per heavy atom. The molecule has 0 amide bonds. The zero-order valence-electron chi connectivity index (χ0n) is 7.59. The van der Waals surface area contributed by atoms with Crippen molar-refractivity contribution < 1.29 is 4.74 Å². The molecule has 0 spiro atoms. The van der Waals surface area contributed by atoms with Crippen LogP contribution in [0.25, 0.3) is 0 Å². The topological polar surface area (TPSA) is 21.3 Å². The third-order valence-electron chi connectivity index (χ3n) is 2.18. The van der Waals surface area contributed by atoms with Crippen molar-refractivity contribution in [2.45, 2.75) is 6.10 Å². The molecule has 0 saturated carbocycles. The lowest BCUT2D eigenvalue weighted by Crippen LogP contribution is -2.33. The van der Waals surface area contributed by atoms with Crippen molar-refractivity contribution in [1.29, 1.82) is 0 Å². The fourth-order valence-corrected chi connectivity index (χ4v) is 2.43. The number of rotatable bonds is 1. The molecule has 76 valence electrons. The molecule has 1 N–H and O–H groups in total. The first-order chi connectivity index (χ1) is 6.75. The van der Waals surface area contributed by atoms with Gasteiger partial charge in [-0.3, -0.25) is 0 Å². The third kappa shape index (κ3) is 2.48. The van der Waals surface area contributed by atoms with Gasteiger partial charge in [0.05, 0.1) is 12.7 Å². The average Bonchev–Trinajstić information content (AvgIpc) is 2.18. The molecule has 1 aromatic rings. The number of hydrogen-bond acceptors (Lipinski definition) is 2. The minimum atomic E-state index is 0.124. The van der Waals surface area contributed by atoms with Gasteiger partial charge in [-0.2, -0.15) is 0 Å². The van der Waals surface area contributed by atoms with Gasteiger partial charge in [0.25, 0.3) is 0 Å². The molecule has 1 aliphatic rings. The third-order valence-corrected chi connectivity index (χ3v) is 2.86. The molecule has 0 radical (unpaired) electrons. The summed E-state index contributed by atoms with van der Waals surface area (Å²) in [6.45, 7) is 2.54. The van der Waals surface area contributed by atoms with Gasteiger partial charge >= 0.3 is 0 Å². The summed E-state index contributed by atoms with van der Waals surface area (Å²) in [4.78, 5) is 0. The summed E-state index contributed by atoms with van der Waals surface area (Å²) < 4.78 is 6.63. The fraction of sp³-hybridized carbons (Fsp3) is 0.400. The van der Waals surface area contributed by atoms with Gasteiger partial charge in [0.15, 0.2) is 0 Å². The van der Waals surface area contributed by atoms with Crippen molar-refractivity contribution in [2.24, 2.45) is 0 Å².